The van der Waals surface area contributed by atoms with Crippen molar-refractivity contribution >= 4 is 5.91 Å². The molecule has 0 saturated carbocycles. The van der Waals surface area contributed by atoms with Crippen molar-refractivity contribution in [1.29, 1.82) is 0 Å². The highest BCUT2D eigenvalue weighted by atomic mass is 19.1. The second-order valence-corrected chi connectivity index (χ2v) is 7.99. The molecule has 3 saturated heterocycles. The number of nitrogens with zero attached hydrogens (tertiary/aromatic N) is 1. The first-order valence-corrected chi connectivity index (χ1v) is 10.0. The van der Waals surface area contributed by atoms with Gasteiger partial charge in [-0.1, -0.05) is 6.07 Å². The SMILES string of the molecule is O=C(c1cccc(F)c1)N1CC2(C1)OCC[C@H]2CCOCC1CCOCC1. The Morgan fingerprint density at radius 2 is 2.04 bits per heavy atom. The van der Waals surface area contributed by atoms with Crippen LogP contribution in [0.2, 0.25) is 0 Å². The van der Waals surface area contributed by atoms with E-state index in [0.29, 0.717) is 30.5 Å². The average molecular weight is 377 g/mol. The van der Waals surface area contributed by atoms with Crippen molar-refractivity contribution in [2.75, 3.05) is 46.1 Å². The largest absolute Gasteiger partial charge is 0.381 e. The number of rotatable bonds is 6. The van der Waals surface area contributed by atoms with Crippen LogP contribution >= 0.6 is 0 Å². The maximum Gasteiger partial charge on any atom is 0.254 e. The van der Waals surface area contributed by atoms with Crippen LogP contribution in [0.5, 0.6) is 0 Å². The predicted octanol–water partition coefficient (Wildman–Crippen LogP) is 2.89. The van der Waals surface area contributed by atoms with Gasteiger partial charge in [-0.15, -0.1) is 0 Å². The summed E-state index contributed by atoms with van der Waals surface area (Å²) in [6.07, 6.45) is 4.16. The van der Waals surface area contributed by atoms with Gasteiger partial charge in [0.25, 0.3) is 5.91 Å². The molecule has 0 aliphatic carbocycles. The first kappa shape index (κ1) is 18.8. The third kappa shape index (κ3) is 4.18. The number of carbonyl (C=O) groups is 1. The summed E-state index contributed by atoms with van der Waals surface area (Å²) in [5.41, 5.74) is 0.171. The van der Waals surface area contributed by atoms with Gasteiger partial charge in [0.05, 0.1) is 13.1 Å². The molecule has 1 atom stereocenters. The number of halogens is 1. The monoisotopic (exact) mass is 377 g/mol. The number of hydrogen-bond acceptors (Lipinski definition) is 4. The molecule has 6 heteroatoms. The minimum Gasteiger partial charge on any atom is -0.381 e. The van der Waals surface area contributed by atoms with E-state index in [1.807, 2.05) is 0 Å². The summed E-state index contributed by atoms with van der Waals surface area (Å²) in [4.78, 5) is 14.3. The summed E-state index contributed by atoms with van der Waals surface area (Å²) in [6, 6.07) is 5.88. The van der Waals surface area contributed by atoms with Crippen LogP contribution in [0, 0.1) is 17.7 Å². The zero-order valence-electron chi connectivity index (χ0n) is 15.7. The molecule has 1 aromatic carbocycles. The second-order valence-electron chi connectivity index (χ2n) is 7.99. The van der Waals surface area contributed by atoms with Crippen molar-refractivity contribution in [3.05, 3.63) is 35.6 Å². The summed E-state index contributed by atoms with van der Waals surface area (Å²) < 4.78 is 30.7. The van der Waals surface area contributed by atoms with Gasteiger partial charge in [0, 0.05) is 38.6 Å². The standard InChI is InChI=1S/C21H28FNO4/c22-19-3-1-2-17(12-19)20(24)23-14-21(15-23)18(7-11-27-21)6-10-26-13-16-4-8-25-9-5-16/h1-3,12,16,18H,4-11,13-15H2/t18-/m1/s1. The molecule has 0 unspecified atom stereocenters. The Balaban J connectivity index is 1.23. The van der Waals surface area contributed by atoms with E-state index in [-0.39, 0.29) is 17.3 Å². The fourth-order valence-electron chi connectivity index (χ4n) is 4.48. The van der Waals surface area contributed by atoms with Gasteiger partial charge in [-0.3, -0.25) is 4.79 Å². The quantitative estimate of drug-likeness (QED) is 0.716. The molecule has 0 aromatic heterocycles. The third-order valence-electron chi connectivity index (χ3n) is 6.18. The van der Waals surface area contributed by atoms with Crippen molar-refractivity contribution in [2.45, 2.75) is 31.3 Å². The molecule has 4 rings (SSSR count). The van der Waals surface area contributed by atoms with E-state index < -0.39 is 0 Å². The predicted molar refractivity (Wildman–Crippen MR) is 98.1 cm³/mol. The molecule has 5 nitrogen and oxygen atoms in total. The van der Waals surface area contributed by atoms with Crippen LogP contribution in [0.3, 0.4) is 0 Å². The molecule has 3 aliphatic heterocycles. The lowest BCUT2D eigenvalue weighted by Gasteiger charge is -2.50. The minimum absolute atomic E-state index is 0.120. The molecular formula is C21H28FNO4. The molecule has 148 valence electrons. The van der Waals surface area contributed by atoms with E-state index >= 15 is 0 Å². The van der Waals surface area contributed by atoms with Crippen LogP contribution in [0.4, 0.5) is 4.39 Å². The van der Waals surface area contributed by atoms with E-state index in [0.717, 1.165) is 58.7 Å². The lowest BCUT2D eigenvalue weighted by molar-refractivity contribution is -0.121. The minimum atomic E-state index is -0.382. The molecule has 1 amide bonds. The second kappa shape index (κ2) is 8.25. The maximum absolute atomic E-state index is 13.4. The number of likely N-dealkylation sites (tertiary alicyclic amines) is 1. The molecule has 1 aromatic rings. The smallest absolute Gasteiger partial charge is 0.254 e. The summed E-state index contributed by atoms with van der Waals surface area (Å²) in [7, 11) is 0. The van der Waals surface area contributed by atoms with E-state index in [1.54, 1.807) is 17.0 Å². The Morgan fingerprint density at radius 1 is 1.22 bits per heavy atom. The van der Waals surface area contributed by atoms with Crippen molar-refractivity contribution in [3.63, 3.8) is 0 Å². The maximum atomic E-state index is 13.4. The lowest BCUT2D eigenvalue weighted by Crippen LogP contribution is -2.66. The van der Waals surface area contributed by atoms with Gasteiger partial charge >= 0.3 is 0 Å². The first-order chi connectivity index (χ1) is 13.2. The summed E-state index contributed by atoms with van der Waals surface area (Å²) in [5.74, 6) is 0.539. The van der Waals surface area contributed by atoms with Crippen molar-refractivity contribution in [2.24, 2.45) is 11.8 Å². The average Bonchev–Trinajstić information content (AvgIpc) is 3.08. The Hall–Kier alpha value is -1.50. The normalized spacial score (nSPS) is 24.9. The third-order valence-corrected chi connectivity index (χ3v) is 6.18. The Morgan fingerprint density at radius 3 is 2.81 bits per heavy atom. The molecule has 0 N–H and O–H groups in total. The molecule has 27 heavy (non-hydrogen) atoms. The summed E-state index contributed by atoms with van der Waals surface area (Å²) in [6.45, 7) is 5.18. The highest BCUT2D eigenvalue weighted by Crippen LogP contribution is 2.42. The highest BCUT2D eigenvalue weighted by molar-refractivity contribution is 5.95. The molecule has 0 radical (unpaired) electrons. The number of amides is 1. The van der Waals surface area contributed by atoms with Crippen molar-refractivity contribution in [3.8, 4) is 0 Å². The van der Waals surface area contributed by atoms with Crippen molar-refractivity contribution in [1.82, 2.24) is 4.90 Å². The molecule has 3 heterocycles. The number of carbonyl (C=O) groups excluding carboxylic acids is 1. The van der Waals surface area contributed by atoms with Crippen LogP contribution in [0.15, 0.2) is 24.3 Å². The lowest BCUT2D eigenvalue weighted by atomic mass is 9.79. The van der Waals surface area contributed by atoms with Gasteiger partial charge in [0.15, 0.2) is 0 Å². The number of hydrogen-bond donors (Lipinski definition) is 0. The van der Waals surface area contributed by atoms with Gasteiger partial charge in [0.1, 0.15) is 11.4 Å². The van der Waals surface area contributed by atoms with Crippen LogP contribution in [-0.4, -0.2) is 62.5 Å². The van der Waals surface area contributed by atoms with Crippen LogP contribution in [0.25, 0.3) is 0 Å². The highest BCUT2D eigenvalue weighted by Gasteiger charge is 2.54. The Kier molecular flexibility index (Phi) is 5.76. The van der Waals surface area contributed by atoms with Crippen LogP contribution in [-0.2, 0) is 14.2 Å². The number of ether oxygens (including phenoxy) is 3. The molecule has 0 bridgehead atoms. The van der Waals surface area contributed by atoms with E-state index in [1.165, 1.54) is 12.1 Å². The Labute approximate surface area is 159 Å². The van der Waals surface area contributed by atoms with Gasteiger partial charge in [-0.2, -0.15) is 0 Å². The fraction of sp³-hybridized carbons (Fsp3) is 0.667. The van der Waals surface area contributed by atoms with Crippen molar-refractivity contribution < 1.29 is 23.4 Å². The van der Waals surface area contributed by atoms with E-state index in [4.69, 9.17) is 14.2 Å². The summed E-state index contributed by atoms with van der Waals surface area (Å²) >= 11 is 0. The van der Waals surface area contributed by atoms with E-state index in [9.17, 15) is 9.18 Å². The fourth-order valence-corrected chi connectivity index (χ4v) is 4.48. The molecule has 3 aliphatic rings. The Bertz CT molecular complexity index is 655. The number of benzene rings is 1. The molecule has 3 fully saturated rings. The molecular weight excluding hydrogens is 349 g/mol. The van der Waals surface area contributed by atoms with Crippen LogP contribution in [0.1, 0.15) is 36.0 Å². The van der Waals surface area contributed by atoms with Gasteiger partial charge < -0.3 is 19.1 Å². The van der Waals surface area contributed by atoms with Crippen LogP contribution < -0.4 is 0 Å². The van der Waals surface area contributed by atoms with Gasteiger partial charge in [-0.25, -0.2) is 4.39 Å². The topological polar surface area (TPSA) is 48.0 Å². The van der Waals surface area contributed by atoms with Gasteiger partial charge in [-0.05, 0) is 55.7 Å². The first-order valence-electron chi connectivity index (χ1n) is 10.0. The zero-order chi connectivity index (χ0) is 18.7. The van der Waals surface area contributed by atoms with Gasteiger partial charge in [0.2, 0.25) is 0 Å². The zero-order valence-corrected chi connectivity index (χ0v) is 15.7. The summed E-state index contributed by atoms with van der Waals surface area (Å²) in [5, 5.41) is 0. The molecule has 1 spiro atoms. The van der Waals surface area contributed by atoms with E-state index in [2.05, 4.69) is 0 Å².